The fourth-order valence-corrected chi connectivity index (χ4v) is 6.32. The van der Waals surface area contributed by atoms with Gasteiger partial charge in [-0.2, -0.15) is 0 Å². The molecule has 0 atom stereocenters. The lowest BCUT2D eigenvalue weighted by Gasteiger charge is -2.37. The molecule has 0 radical (unpaired) electrons. The summed E-state index contributed by atoms with van der Waals surface area (Å²) in [5.41, 5.74) is 3.35. The highest BCUT2D eigenvalue weighted by Gasteiger charge is 2.31. The van der Waals surface area contributed by atoms with E-state index in [1.807, 2.05) is 26.8 Å². The second-order valence-electron chi connectivity index (χ2n) is 12.0. The number of amides is 1. The zero-order valence-electron chi connectivity index (χ0n) is 23.2. The molecule has 1 amide bonds. The molecule has 5 rings (SSSR count). The average Bonchev–Trinajstić information content (AvgIpc) is 3.25. The number of nitrogens with zero attached hydrogens (tertiary/aromatic N) is 3. The molecule has 1 aliphatic carbocycles. The molecular formula is C31H40FN5O2. The number of imidazole rings is 1. The van der Waals surface area contributed by atoms with E-state index in [0.29, 0.717) is 17.8 Å². The van der Waals surface area contributed by atoms with Crippen LogP contribution in [0.2, 0.25) is 0 Å². The van der Waals surface area contributed by atoms with Gasteiger partial charge >= 0.3 is 0 Å². The van der Waals surface area contributed by atoms with Crippen LogP contribution in [0.4, 0.5) is 10.3 Å². The van der Waals surface area contributed by atoms with Gasteiger partial charge in [-0.1, -0.05) is 12.1 Å². The Morgan fingerprint density at radius 3 is 2.46 bits per heavy atom. The number of aliphatic hydroxyl groups is 1. The van der Waals surface area contributed by atoms with Crippen molar-refractivity contribution in [2.75, 3.05) is 18.4 Å². The van der Waals surface area contributed by atoms with Gasteiger partial charge in [0.2, 0.25) is 5.95 Å². The van der Waals surface area contributed by atoms with Crippen LogP contribution in [0.15, 0.2) is 42.5 Å². The summed E-state index contributed by atoms with van der Waals surface area (Å²) in [7, 11) is 0. The van der Waals surface area contributed by atoms with Gasteiger partial charge in [0.05, 0.1) is 16.6 Å². The van der Waals surface area contributed by atoms with Crippen LogP contribution in [0.5, 0.6) is 0 Å². The minimum Gasteiger partial charge on any atom is -0.390 e. The van der Waals surface area contributed by atoms with Crippen molar-refractivity contribution in [2.45, 2.75) is 77.5 Å². The lowest BCUT2D eigenvalue weighted by molar-refractivity contribution is -0.0136. The van der Waals surface area contributed by atoms with Crippen LogP contribution in [0.1, 0.15) is 81.3 Å². The highest BCUT2D eigenvalue weighted by atomic mass is 19.1. The zero-order chi connectivity index (χ0) is 27.7. The van der Waals surface area contributed by atoms with Gasteiger partial charge in [0.15, 0.2) is 0 Å². The van der Waals surface area contributed by atoms with E-state index in [9.17, 15) is 14.3 Å². The standard InChI is InChI=1S/C31H40FN5O2/c1-20(33)22-8-10-26(11-9-22)37-28-17-21(19-36-15-13-24(14-16-36)31(2,3)39)7-12-27(28)34-30(37)35-29(38)23-5-4-6-25(32)18-23/h4-7,12,17-18,22,24,26,33,39H,8-11,13-16,19H2,1-3H3,(H,34,35,38). The maximum Gasteiger partial charge on any atom is 0.258 e. The molecule has 1 aliphatic heterocycles. The molecule has 2 aromatic carbocycles. The van der Waals surface area contributed by atoms with Crippen molar-refractivity contribution >= 4 is 28.6 Å². The number of hydrogen-bond donors (Lipinski definition) is 3. The van der Waals surface area contributed by atoms with Crippen LogP contribution >= 0.6 is 0 Å². The summed E-state index contributed by atoms with van der Waals surface area (Å²) in [6, 6.07) is 12.2. The molecule has 3 N–H and O–H groups in total. The maximum atomic E-state index is 13.8. The van der Waals surface area contributed by atoms with E-state index >= 15 is 0 Å². The van der Waals surface area contributed by atoms with Gasteiger partial charge in [0, 0.05) is 23.9 Å². The number of nitrogens with one attached hydrogen (secondary N) is 2. The topological polar surface area (TPSA) is 94.2 Å². The first-order valence-corrected chi connectivity index (χ1v) is 14.2. The van der Waals surface area contributed by atoms with E-state index in [4.69, 9.17) is 10.4 Å². The maximum absolute atomic E-state index is 13.8. The average molecular weight is 534 g/mol. The molecule has 3 aromatic rings. The van der Waals surface area contributed by atoms with E-state index in [-0.39, 0.29) is 17.5 Å². The number of hydrogen-bond acceptors (Lipinski definition) is 5. The van der Waals surface area contributed by atoms with Gasteiger partial charge in [-0.3, -0.25) is 15.0 Å². The zero-order valence-corrected chi connectivity index (χ0v) is 23.2. The van der Waals surface area contributed by atoms with Crippen molar-refractivity contribution in [2.24, 2.45) is 11.8 Å². The first-order chi connectivity index (χ1) is 18.6. The summed E-state index contributed by atoms with van der Waals surface area (Å²) in [6.45, 7) is 8.43. The molecule has 39 heavy (non-hydrogen) atoms. The Bertz CT molecular complexity index is 1340. The smallest absolute Gasteiger partial charge is 0.258 e. The Labute approximate surface area is 229 Å². The first-order valence-electron chi connectivity index (χ1n) is 14.2. The lowest BCUT2D eigenvalue weighted by Crippen LogP contribution is -2.41. The Morgan fingerprint density at radius 1 is 1.10 bits per heavy atom. The first kappa shape index (κ1) is 27.5. The van der Waals surface area contributed by atoms with E-state index in [2.05, 4.69) is 26.9 Å². The number of carbonyl (C=O) groups is 1. The predicted molar refractivity (Wildman–Crippen MR) is 153 cm³/mol. The highest BCUT2D eigenvalue weighted by molar-refractivity contribution is 6.04. The summed E-state index contributed by atoms with van der Waals surface area (Å²) < 4.78 is 15.9. The van der Waals surface area contributed by atoms with Crippen LogP contribution in [0, 0.1) is 23.1 Å². The number of rotatable bonds is 7. The molecule has 208 valence electrons. The summed E-state index contributed by atoms with van der Waals surface area (Å²) in [5, 5.41) is 21.4. The van der Waals surface area contributed by atoms with Crippen molar-refractivity contribution < 1.29 is 14.3 Å². The Morgan fingerprint density at radius 2 is 1.82 bits per heavy atom. The number of aromatic nitrogens is 2. The quantitative estimate of drug-likeness (QED) is 0.316. The Hall–Kier alpha value is -3.10. The second-order valence-corrected chi connectivity index (χ2v) is 12.0. The molecule has 1 saturated heterocycles. The van der Waals surface area contributed by atoms with E-state index in [1.165, 1.54) is 23.8 Å². The molecule has 8 heteroatoms. The largest absolute Gasteiger partial charge is 0.390 e. The molecule has 1 aromatic heterocycles. The molecule has 2 fully saturated rings. The number of anilines is 1. The third kappa shape index (κ3) is 6.23. The van der Waals surface area contributed by atoms with Crippen molar-refractivity contribution in [1.29, 1.82) is 5.41 Å². The SMILES string of the molecule is CC(=N)C1CCC(n2c(NC(=O)c3cccc(F)c3)nc3ccc(CN4CCC(C(C)(C)O)CC4)cc32)CC1. The normalized spacial score (nSPS) is 21.3. The summed E-state index contributed by atoms with van der Waals surface area (Å²) in [6.07, 6.45) is 5.65. The molecule has 2 heterocycles. The third-order valence-electron chi connectivity index (χ3n) is 8.73. The van der Waals surface area contributed by atoms with Crippen molar-refractivity contribution in [1.82, 2.24) is 14.5 Å². The number of piperidine rings is 1. The second kappa shape index (κ2) is 11.2. The number of halogens is 1. The van der Waals surface area contributed by atoms with Crippen LogP contribution in [-0.2, 0) is 6.54 Å². The van der Waals surface area contributed by atoms with Gasteiger partial charge in [0.25, 0.3) is 5.91 Å². The predicted octanol–water partition coefficient (Wildman–Crippen LogP) is 6.18. The minimum absolute atomic E-state index is 0.159. The third-order valence-corrected chi connectivity index (χ3v) is 8.73. The fraction of sp³-hybridized carbons (Fsp3) is 0.516. The summed E-state index contributed by atoms with van der Waals surface area (Å²) in [4.78, 5) is 20.3. The molecule has 0 bridgehead atoms. The van der Waals surface area contributed by atoms with Gasteiger partial charge < -0.3 is 15.1 Å². The van der Waals surface area contributed by atoms with Crippen molar-refractivity contribution in [3.8, 4) is 0 Å². The number of benzene rings is 2. The monoisotopic (exact) mass is 533 g/mol. The van der Waals surface area contributed by atoms with Gasteiger partial charge in [-0.05, 0) is 120 Å². The van der Waals surface area contributed by atoms with Crippen LogP contribution in [-0.4, -0.2) is 49.9 Å². The minimum atomic E-state index is -0.640. The van der Waals surface area contributed by atoms with Gasteiger partial charge in [0.1, 0.15) is 5.82 Å². The van der Waals surface area contributed by atoms with Crippen molar-refractivity contribution in [3.63, 3.8) is 0 Å². The molecule has 2 aliphatic rings. The Kier molecular flexibility index (Phi) is 7.87. The molecular weight excluding hydrogens is 493 g/mol. The van der Waals surface area contributed by atoms with Gasteiger partial charge in [-0.25, -0.2) is 9.37 Å². The molecule has 1 saturated carbocycles. The van der Waals surface area contributed by atoms with Crippen LogP contribution < -0.4 is 5.32 Å². The fourth-order valence-electron chi connectivity index (χ4n) is 6.32. The molecule has 7 nitrogen and oxygen atoms in total. The number of fused-ring (bicyclic) bond motifs is 1. The van der Waals surface area contributed by atoms with Gasteiger partial charge in [-0.15, -0.1) is 0 Å². The highest BCUT2D eigenvalue weighted by Crippen LogP contribution is 2.38. The molecule has 0 unspecified atom stereocenters. The van der Waals surface area contributed by atoms with E-state index in [1.54, 1.807) is 6.07 Å². The van der Waals surface area contributed by atoms with E-state index < -0.39 is 11.4 Å². The Balaban J connectivity index is 1.42. The van der Waals surface area contributed by atoms with Crippen molar-refractivity contribution in [3.05, 3.63) is 59.4 Å². The summed E-state index contributed by atoms with van der Waals surface area (Å²) >= 11 is 0. The van der Waals surface area contributed by atoms with Crippen LogP contribution in [0.25, 0.3) is 11.0 Å². The number of carbonyl (C=O) groups excluding carboxylic acids is 1. The summed E-state index contributed by atoms with van der Waals surface area (Å²) in [5.74, 6) is 0.278. The number of likely N-dealkylation sites (tertiary alicyclic amines) is 1. The molecule has 0 spiro atoms. The van der Waals surface area contributed by atoms with Crippen LogP contribution in [0.3, 0.4) is 0 Å². The lowest BCUT2D eigenvalue weighted by atomic mass is 9.83. The van der Waals surface area contributed by atoms with E-state index in [0.717, 1.165) is 74.9 Å².